The van der Waals surface area contributed by atoms with Crippen molar-refractivity contribution in [3.8, 4) is 11.3 Å². The van der Waals surface area contributed by atoms with Gasteiger partial charge in [0.2, 0.25) is 11.8 Å². The number of aromatic nitrogens is 2. The second-order valence-electron chi connectivity index (χ2n) is 7.21. The fraction of sp³-hybridized carbons (Fsp3) is 0.450. The van der Waals surface area contributed by atoms with E-state index in [2.05, 4.69) is 29.4 Å². The van der Waals surface area contributed by atoms with E-state index in [4.69, 9.17) is 0 Å². The maximum atomic E-state index is 12.9. The van der Waals surface area contributed by atoms with Crippen LogP contribution in [0.4, 0.5) is 5.82 Å². The van der Waals surface area contributed by atoms with Crippen LogP contribution < -0.4 is 5.32 Å². The van der Waals surface area contributed by atoms with Crippen molar-refractivity contribution in [2.75, 3.05) is 11.9 Å². The number of hydrogen-bond donors (Lipinski definition) is 2. The standard InChI is InChI=1S/C20H26N4O2/c1-14(2)12-17(24-11-7-6-10-19(24)25)20(26)21-18-13-16(22-23-18)15-8-4-3-5-9-15/h3-5,8-9,13-14,17H,6-7,10-12H2,1-2H3,(H2,21,22,23,26). The van der Waals surface area contributed by atoms with Crippen molar-refractivity contribution in [1.29, 1.82) is 0 Å². The summed E-state index contributed by atoms with van der Waals surface area (Å²) in [4.78, 5) is 26.9. The number of hydrogen-bond acceptors (Lipinski definition) is 3. The van der Waals surface area contributed by atoms with E-state index in [9.17, 15) is 9.59 Å². The molecule has 1 fully saturated rings. The molecule has 0 bridgehead atoms. The molecule has 0 saturated carbocycles. The molecule has 138 valence electrons. The number of nitrogens with one attached hydrogen (secondary N) is 2. The zero-order valence-corrected chi connectivity index (χ0v) is 15.4. The zero-order chi connectivity index (χ0) is 18.5. The molecule has 1 saturated heterocycles. The molecule has 2 amide bonds. The van der Waals surface area contributed by atoms with Gasteiger partial charge in [0.05, 0.1) is 5.69 Å². The molecule has 0 aliphatic carbocycles. The van der Waals surface area contributed by atoms with E-state index in [1.54, 1.807) is 4.90 Å². The predicted molar refractivity (Wildman–Crippen MR) is 101 cm³/mol. The number of carbonyl (C=O) groups excluding carboxylic acids is 2. The van der Waals surface area contributed by atoms with Crippen molar-refractivity contribution in [2.24, 2.45) is 5.92 Å². The third kappa shape index (κ3) is 4.31. The van der Waals surface area contributed by atoms with Crippen molar-refractivity contribution >= 4 is 17.6 Å². The number of amides is 2. The lowest BCUT2D eigenvalue weighted by Gasteiger charge is -2.34. The Morgan fingerprint density at radius 2 is 2.04 bits per heavy atom. The summed E-state index contributed by atoms with van der Waals surface area (Å²) in [5.74, 6) is 0.704. The number of likely N-dealkylation sites (tertiary alicyclic amines) is 1. The first-order valence-electron chi connectivity index (χ1n) is 9.25. The molecule has 0 radical (unpaired) electrons. The van der Waals surface area contributed by atoms with Crippen molar-refractivity contribution in [1.82, 2.24) is 15.1 Å². The molecule has 26 heavy (non-hydrogen) atoms. The van der Waals surface area contributed by atoms with E-state index in [1.807, 2.05) is 36.4 Å². The van der Waals surface area contributed by atoms with Gasteiger partial charge in [-0.1, -0.05) is 44.2 Å². The summed E-state index contributed by atoms with van der Waals surface area (Å²) in [5, 5.41) is 10.0. The van der Waals surface area contributed by atoms with E-state index in [-0.39, 0.29) is 11.8 Å². The minimum atomic E-state index is -0.445. The van der Waals surface area contributed by atoms with Crippen LogP contribution in [0.1, 0.15) is 39.5 Å². The summed E-state index contributed by atoms with van der Waals surface area (Å²) in [6, 6.07) is 11.2. The second kappa shape index (κ2) is 8.17. The van der Waals surface area contributed by atoms with E-state index >= 15 is 0 Å². The van der Waals surface area contributed by atoms with Gasteiger partial charge in [-0.25, -0.2) is 0 Å². The highest BCUT2D eigenvalue weighted by molar-refractivity contribution is 5.97. The molecule has 1 aromatic carbocycles. The van der Waals surface area contributed by atoms with Gasteiger partial charge in [-0.3, -0.25) is 14.7 Å². The third-order valence-corrected chi connectivity index (χ3v) is 4.65. The predicted octanol–water partition coefficient (Wildman–Crippen LogP) is 3.44. The maximum Gasteiger partial charge on any atom is 0.248 e. The number of benzene rings is 1. The number of H-pyrrole nitrogens is 1. The van der Waals surface area contributed by atoms with Crippen LogP contribution >= 0.6 is 0 Å². The van der Waals surface area contributed by atoms with Gasteiger partial charge < -0.3 is 10.2 Å². The molecule has 2 N–H and O–H groups in total. The summed E-state index contributed by atoms with van der Waals surface area (Å²) < 4.78 is 0. The molecule has 0 spiro atoms. The van der Waals surface area contributed by atoms with Crippen molar-refractivity contribution < 1.29 is 9.59 Å². The smallest absolute Gasteiger partial charge is 0.248 e. The minimum absolute atomic E-state index is 0.0732. The Hall–Kier alpha value is -2.63. The van der Waals surface area contributed by atoms with Crippen LogP contribution in [0.5, 0.6) is 0 Å². The lowest BCUT2D eigenvalue weighted by Crippen LogP contribution is -2.50. The first kappa shape index (κ1) is 18.2. The van der Waals surface area contributed by atoms with Gasteiger partial charge in [0.25, 0.3) is 0 Å². The van der Waals surface area contributed by atoms with Crippen LogP contribution in [-0.2, 0) is 9.59 Å². The molecule has 1 aliphatic rings. The Bertz CT molecular complexity index is 754. The largest absolute Gasteiger partial charge is 0.331 e. The van der Waals surface area contributed by atoms with Crippen LogP contribution in [0.3, 0.4) is 0 Å². The topological polar surface area (TPSA) is 78.1 Å². The van der Waals surface area contributed by atoms with Crippen LogP contribution in [0.2, 0.25) is 0 Å². The molecule has 6 heteroatoms. The average molecular weight is 354 g/mol. The minimum Gasteiger partial charge on any atom is -0.331 e. The molecule has 6 nitrogen and oxygen atoms in total. The van der Waals surface area contributed by atoms with E-state index < -0.39 is 6.04 Å². The lowest BCUT2D eigenvalue weighted by atomic mass is 9.98. The van der Waals surface area contributed by atoms with Gasteiger partial charge >= 0.3 is 0 Å². The average Bonchev–Trinajstić information content (AvgIpc) is 3.09. The zero-order valence-electron chi connectivity index (χ0n) is 15.4. The Balaban J connectivity index is 1.73. The van der Waals surface area contributed by atoms with Crippen molar-refractivity contribution in [3.63, 3.8) is 0 Å². The normalized spacial score (nSPS) is 16.0. The lowest BCUT2D eigenvalue weighted by molar-refractivity contribution is -0.141. The summed E-state index contributed by atoms with van der Waals surface area (Å²) in [6.07, 6.45) is 3.04. The Labute approximate surface area is 154 Å². The van der Waals surface area contributed by atoms with E-state index in [0.717, 1.165) is 24.1 Å². The molecular formula is C20H26N4O2. The maximum absolute atomic E-state index is 12.9. The fourth-order valence-electron chi connectivity index (χ4n) is 3.34. The Morgan fingerprint density at radius 1 is 1.27 bits per heavy atom. The highest BCUT2D eigenvalue weighted by Crippen LogP contribution is 2.22. The van der Waals surface area contributed by atoms with Crippen LogP contribution in [0.15, 0.2) is 36.4 Å². The van der Waals surface area contributed by atoms with Gasteiger partial charge in [0.1, 0.15) is 6.04 Å². The third-order valence-electron chi connectivity index (χ3n) is 4.65. The number of piperidine rings is 1. The monoisotopic (exact) mass is 354 g/mol. The molecule has 1 atom stereocenters. The SMILES string of the molecule is CC(C)CC(C(=O)Nc1cc(-c2ccccc2)[nH]n1)N1CCCCC1=O. The number of rotatable bonds is 6. The van der Waals surface area contributed by atoms with Gasteiger partial charge in [-0.2, -0.15) is 5.10 Å². The molecule has 2 heterocycles. The fourth-order valence-corrected chi connectivity index (χ4v) is 3.34. The molecular weight excluding hydrogens is 328 g/mol. The first-order chi connectivity index (χ1) is 12.5. The molecule has 1 aliphatic heterocycles. The van der Waals surface area contributed by atoms with Crippen LogP contribution in [0, 0.1) is 5.92 Å². The molecule has 2 aromatic rings. The van der Waals surface area contributed by atoms with Gasteiger partial charge in [0.15, 0.2) is 5.82 Å². The Morgan fingerprint density at radius 3 is 2.73 bits per heavy atom. The number of carbonyl (C=O) groups is 2. The van der Waals surface area contributed by atoms with Gasteiger partial charge in [0, 0.05) is 19.0 Å². The van der Waals surface area contributed by atoms with Crippen molar-refractivity contribution in [2.45, 2.75) is 45.6 Å². The number of anilines is 1. The van der Waals surface area contributed by atoms with Gasteiger partial charge in [-0.05, 0) is 30.7 Å². The summed E-state index contributed by atoms with van der Waals surface area (Å²) in [7, 11) is 0. The number of nitrogens with zero attached hydrogens (tertiary/aromatic N) is 2. The summed E-state index contributed by atoms with van der Waals surface area (Å²) >= 11 is 0. The van der Waals surface area contributed by atoms with E-state index in [1.165, 1.54) is 0 Å². The van der Waals surface area contributed by atoms with Gasteiger partial charge in [-0.15, -0.1) is 0 Å². The van der Waals surface area contributed by atoms with Crippen LogP contribution in [-0.4, -0.2) is 39.5 Å². The quantitative estimate of drug-likeness (QED) is 0.834. The van der Waals surface area contributed by atoms with E-state index in [0.29, 0.717) is 31.1 Å². The first-order valence-corrected chi connectivity index (χ1v) is 9.25. The second-order valence-corrected chi connectivity index (χ2v) is 7.21. The molecule has 3 rings (SSSR count). The Kier molecular flexibility index (Phi) is 5.71. The summed E-state index contributed by atoms with van der Waals surface area (Å²) in [6.45, 7) is 4.78. The molecule has 1 aromatic heterocycles. The van der Waals surface area contributed by atoms with Crippen LogP contribution in [0.25, 0.3) is 11.3 Å². The van der Waals surface area contributed by atoms with Crippen molar-refractivity contribution in [3.05, 3.63) is 36.4 Å². The highest BCUT2D eigenvalue weighted by atomic mass is 16.2. The summed E-state index contributed by atoms with van der Waals surface area (Å²) in [5.41, 5.74) is 1.85. The molecule has 1 unspecified atom stereocenters. The number of aromatic amines is 1. The highest BCUT2D eigenvalue weighted by Gasteiger charge is 2.32.